The Morgan fingerprint density at radius 3 is 2.50 bits per heavy atom. The highest BCUT2D eigenvalue weighted by Gasteiger charge is 2.19. The van der Waals surface area contributed by atoms with Crippen molar-refractivity contribution < 1.29 is 19.1 Å². The zero-order valence-corrected chi connectivity index (χ0v) is 22.3. The van der Waals surface area contributed by atoms with Crippen LogP contribution >= 0.6 is 0 Å². The van der Waals surface area contributed by atoms with Gasteiger partial charge in [-0.2, -0.15) is 15.1 Å². The fourth-order valence-corrected chi connectivity index (χ4v) is 4.04. The van der Waals surface area contributed by atoms with Crippen molar-refractivity contribution in [1.82, 2.24) is 34.6 Å². The van der Waals surface area contributed by atoms with Crippen LogP contribution in [0.5, 0.6) is 5.88 Å². The molecule has 0 spiro atoms. The topological polar surface area (TPSA) is 126 Å². The molecule has 0 atom stereocenters. The van der Waals surface area contributed by atoms with Crippen molar-refractivity contribution in [2.75, 3.05) is 13.2 Å². The third kappa shape index (κ3) is 5.98. The molecule has 0 bridgehead atoms. The van der Waals surface area contributed by atoms with E-state index >= 15 is 0 Å². The van der Waals surface area contributed by atoms with E-state index in [0.29, 0.717) is 35.7 Å². The Morgan fingerprint density at radius 1 is 0.950 bits per heavy atom. The molecule has 11 nitrogen and oxygen atoms in total. The van der Waals surface area contributed by atoms with Crippen molar-refractivity contribution in [1.29, 1.82) is 0 Å². The SMILES string of the molecule is CCCNC(=O)c1ccc(Cn2cnc3nc(-n4cc(C(=O)OCC)cn4)nc(OCc4ccccc4)c32)cc1. The molecular weight excluding hydrogens is 510 g/mol. The summed E-state index contributed by atoms with van der Waals surface area (Å²) in [5, 5.41) is 7.13. The standard InChI is InChI=1S/C29H29N7O4/c1-3-14-30-26(37)22-12-10-20(11-13-22)16-35-19-31-25-24(35)27(40-18-21-8-6-5-7-9-21)34-29(33-25)36-17-23(15-32-36)28(38)39-4-2/h5-13,15,17,19H,3-4,14,16,18H2,1-2H3,(H,30,37). The number of carbonyl (C=O) groups is 2. The summed E-state index contributed by atoms with van der Waals surface area (Å²) in [6.07, 6.45) is 5.46. The zero-order chi connectivity index (χ0) is 27.9. The summed E-state index contributed by atoms with van der Waals surface area (Å²) >= 11 is 0. The van der Waals surface area contributed by atoms with E-state index in [1.807, 2.05) is 54.0 Å². The first-order valence-electron chi connectivity index (χ1n) is 13.0. The van der Waals surface area contributed by atoms with E-state index in [9.17, 15) is 9.59 Å². The number of fused-ring (bicyclic) bond motifs is 1. The largest absolute Gasteiger partial charge is 0.471 e. The van der Waals surface area contributed by atoms with Gasteiger partial charge in [-0.05, 0) is 36.6 Å². The lowest BCUT2D eigenvalue weighted by molar-refractivity contribution is 0.0526. The molecule has 0 aliphatic carbocycles. The Balaban J connectivity index is 1.46. The number of aromatic nitrogens is 6. The van der Waals surface area contributed by atoms with E-state index in [1.54, 1.807) is 25.4 Å². The van der Waals surface area contributed by atoms with Crippen LogP contribution in [-0.4, -0.2) is 54.3 Å². The Bertz CT molecular complexity index is 1610. The molecule has 0 fully saturated rings. The first kappa shape index (κ1) is 26.5. The molecule has 3 aromatic heterocycles. The Labute approximate surface area is 230 Å². The second-order valence-electron chi connectivity index (χ2n) is 8.99. The van der Waals surface area contributed by atoms with Gasteiger partial charge in [0.25, 0.3) is 11.9 Å². The first-order valence-corrected chi connectivity index (χ1v) is 13.0. The second-order valence-corrected chi connectivity index (χ2v) is 8.99. The average Bonchev–Trinajstić information content (AvgIpc) is 3.64. The van der Waals surface area contributed by atoms with Crippen molar-refractivity contribution in [3.63, 3.8) is 0 Å². The van der Waals surface area contributed by atoms with Crippen LogP contribution in [0.15, 0.2) is 73.3 Å². The molecule has 1 N–H and O–H groups in total. The minimum absolute atomic E-state index is 0.0938. The van der Waals surface area contributed by atoms with Gasteiger partial charge in [0, 0.05) is 24.8 Å². The lowest BCUT2D eigenvalue weighted by Gasteiger charge is -2.11. The van der Waals surface area contributed by atoms with Crippen LogP contribution in [0.4, 0.5) is 0 Å². The smallest absolute Gasteiger partial charge is 0.341 e. The number of carbonyl (C=O) groups excluding carboxylic acids is 2. The summed E-state index contributed by atoms with van der Waals surface area (Å²) in [6, 6.07) is 17.2. The Morgan fingerprint density at radius 2 is 1.75 bits per heavy atom. The van der Waals surface area contributed by atoms with Crippen LogP contribution in [-0.2, 0) is 17.9 Å². The van der Waals surface area contributed by atoms with Gasteiger partial charge >= 0.3 is 5.97 Å². The third-order valence-electron chi connectivity index (χ3n) is 6.05. The number of amides is 1. The summed E-state index contributed by atoms with van der Waals surface area (Å²) < 4.78 is 14.5. The predicted octanol–water partition coefficient (Wildman–Crippen LogP) is 3.96. The molecule has 2 aromatic carbocycles. The van der Waals surface area contributed by atoms with Gasteiger partial charge in [0.05, 0.1) is 24.7 Å². The van der Waals surface area contributed by atoms with Gasteiger partial charge in [-0.3, -0.25) is 4.79 Å². The van der Waals surface area contributed by atoms with E-state index in [0.717, 1.165) is 17.5 Å². The predicted molar refractivity (Wildman–Crippen MR) is 147 cm³/mol. The van der Waals surface area contributed by atoms with E-state index in [2.05, 4.69) is 25.4 Å². The van der Waals surface area contributed by atoms with Gasteiger partial charge < -0.3 is 19.4 Å². The molecule has 1 amide bonds. The van der Waals surface area contributed by atoms with Gasteiger partial charge in [-0.25, -0.2) is 14.5 Å². The molecular formula is C29H29N7O4. The average molecular weight is 540 g/mol. The van der Waals surface area contributed by atoms with Gasteiger partial charge in [0.1, 0.15) is 6.61 Å². The van der Waals surface area contributed by atoms with Gasteiger partial charge in [-0.15, -0.1) is 0 Å². The third-order valence-corrected chi connectivity index (χ3v) is 6.05. The molecule has 0 radical (unpaired) electrons. The maximum Gasteiger partial charge on any atom is 0.341 e. The maximum absolute atomic E-state index is 12.3. The molecule has 40 heavy (non-hydrogen) atoms. The molecule has 0 aliphatic heterocycles. The van der Waals surface area contributed by atoms with E-state index < -0.39 is 5.97 Å². The molecule has 11 heteroatoms. The maximum atomic E-state index is 12.3. The van der Waals surface area contributed by atoms with Crippen molar-refractivity contribution in [2.45, 2.75) is 33.4 Å². The van der Waals surface area contributed by atoms with Gasteiger partial charge in [0.2, 0.25) is 5.88 Å². The fourth-order valence-electron chi connectivity index (χ4n) is 4.04. The highest BCUT2D eigenvalue weighted by Crippen LogP contribution is 2.25. The van der Waals surface area contributed by atoms with Crippen LogP contribution in [0.25, 0.3) is 17.1 Å². The summed E-state index contributed by atoms with van der Waals surface area (Å²) in [4.78, 5) is 38.1. The normalized spacial score (nSPS) is 10.9. The number of nitrogens with one attached hydrogen (secondary N) is 1. The van der Waals surface area contributed by atoms with Crippen LogP contribution in [0, 0.1) is 0 Å². The molecule has 3 heterocycles. The van der Waals surface area contributed by atoms with Gasteiger partial charge in [0.15, 0.2) is 11.2 Å². The first-order chi connectivity index (χ1) is 19.6. The number of hydrogen-bond donors (Lipinski definition) is 1. The summed E-state index contributed by atoms with van der Waals surface area (Å²) in [6.45, 7) is 5.40. The van der Waals surface area contributed by atoms with Crippen molar-refractivity contribution in [3.05, 3.63) is 95.6 Å². The van der Waals surface area contributed by atoms with Gasteiger partial charge in [-0.1, -0.05) is 49.4 Å². The van der Waals surface area contributed by atoms with Crippen LogP contribution in [0.1, 0.15) is 52.1 Å². The Kier molecular flexibility index (Phi) is 8.10. The summed E-state index contributed by atoms with van der Waals surface area (Å²) in [5.74, 6) is -0.0406. The molecule has 0 saturated heterocycles. The lowest BCUT2D eigenvalue weighted by atomic mass is 10.1. The molecule has 0 aliphatic rings. The minimum Gasteiger partial charge on any atom is -0.471 e. The minimum atomic E-state index is -0.478. The number of imidazole rings is 1. The number of benzene rings is 2. The van der Waals surface area contributed by atoms with Crippen LogP contribution in [0.2, 0.25) is 0 Å². The number of esters is 1. The van der Waals surface area contributed by atoms with E-state index in [4.69, 9.17) is 9.47 Å². The molecule has 204 valence electrons. The molecule has 0 unspecified atom stereocenters. The quantitative estimate of drug-likeness (QED) is 0.250. The lowest BCUT2D eigenvalue weighted by Crippen LogP contribution is -2.23. The van der Waals surface area contributed by atoms with Crippen molar-refractivity contribution in [2.24, 2.45) is 0 Å². The number of rotatable bonds is 11. The van der Waals surface area contributed by atoms with Crippen molar-refractivity contribution in [3.8, 4) is 11.8 Å². The summed E-state index contributed by atoms with van der Waals surface area (Å²) in [7, 11) is 0. The summed E-state index contributed by atoms with van der Waals surface area (Å²) in [5.41, 5.74) is 3.86. The Hall–Kier alpha value is -5.06. The molecule has 5 aromatic rings. The van der Waals surface area contributed by atoms with Crippen molar-refractivity contribution >= 4 is 23.0 Å². The zero-order valence-electron chi connectivity index (χ0n) is 22.3. The van der Waals surface area contributed by atoms with Crippen LogP contribution in [0.3, 0.4) is 0 Å². The highest BCUT2D eigenvalue weighted by atomic mass is 16.5. The number of nitrogens with zero attached hydrogens (tertiary/aromatic N) is 6. The number of hydrogen-bond acceptors (Lipinski definition) is 8. The highest BCUT2D eigenvalue weighted by molar-refractivity contribution is 5.94. The van der Waals surface area contributed by atoms with Crippen LogP contribution < -0.4 is 10.1 Å². The fraction of sp³-hybridized carbons (Fsp3) is 0.241. The molecule has 0 saturated carbocycles. The molecule has 5 rings (SSSR count). The monoisotopic (exact) mass is 539 g/mol. The van der Waals surface area contributed by atoms with E-state index in [-0.39, 0.29) is 30.6 Å². The second kappa shape index (κ2) is 12.2. The number of ether oxygens (including phenoxy) is 2. The van der Waals surface area contributed by atoms with E-state index in [1.165, 1.54) is 17.1 Å².